The number of aryl methyl sites for hydroxylation is 1. The molecule has 0 saturated heterocycles. The number of likely N-dealkylation sites (N-methyl/N-ethyl adjacent to an activating group) is 1. The lowest BCUT2D eigenvalue weighted by Gasteiger charge is -2.16. The van der Waals surface area contributed by atoms with E-state index in [1.54, 1.807) is 18.4 Å². The third-order valence-electron chi connectivity index (χ3n) is 3.46. The van der Waals surface area contributed by atoms with Crippen LogP contribution in [0, 0.1) is 5.82 Å². The van der Waals surface area contributed by atoms with Gasteiger partial charge in [-0.25, -0.2) is 4.39 Å². The van der Waals surface area contributed by atoms with E-state index in [0.717, 1.165) is 18.6 Å². The first kappa shape index (κ1) is 14.6. The van der Waals surface area contributed by atoms with Gasteiger partial charge in [0, 0.05) is 12.5 Å². The Balaban J connectivity index is 1.99. The average Bonchev–Trinajstić information content (AvgIpc) is 2.98. The number of nitrogens with one attached hydrogen (secondary N) is 1. The number of furan rings is 1. The fraction of sp³-hybridized carbons (Fsp3) is 0.375. The zero-order chi connectivity index (χ0) is 14.4. The SMILES string of the molecule is CNC(CCc1ccco1)Cc1cccc(OC)c1F. The maximum atomic E-state index is 14.1. The Hall–Kier alpha value is -1.81. The van der Waals surface area contributed by atoms with Crippen molar-refractivity contribution in [2.45, 2.75) is 25.3 Å². The number of hydrogen-bond acceptors (Lipinski definition) is 3. The van der Waals surface area contributed by atoms with Crippen molar-refractivity contribution < 1.29 is 13.5 Å². The Labute approximate surface area is 118 Å². The first-order valence-corrected chi connectivity index (χ1v) is 6.75. The monoisotopic (exact) mass is 277 g/mol. The molecule has 1 N–H and O–H groups in total. The molecule has 0 fully saturated rings. The highest BCUT2D eigenvalue weighted by Crippen LogP contribution is 2.21. The summed E-state index contributed by atoms with van der Waals surface area (Å²) in [5.74, 6) is 0.980. The second-order valence-electron chi connectivity index (χ2n) is 4.74. The summed E-state index contributed by atoms with van der Waals surface area (Å²) in [4.78, 5) is 0. The van der Waals surface area contributed by atoms with E-state index in [0.29, 0.717) is 17.7 Å². The van der Waals surface area contributed by atoms with Crippen LogP contribution in [-0.2, 0) is 12.8 Å². The highest BCUT2D eigenvalue weighted by atomic mass is 19.1. The minimum atomic E-state index is -0.270. The Morgan fingerprint density at radius 2 is 2.15 bits per heavy atom. The largest absolute Gasteiger partial charge is 0.494 e. The summed E-state index contributed by atoms with van der Waals surface area (Å²) in [7, 11) is 3.37. The van der Waals surface area contributed by atoms with Crippen LogP contribution in [0.1, 0.15) is 17.7 Å². The summed E-state index contributed by atoms with van der Waals surface area (Å²) in [5.41, 5.74) is 0.670. The van der Waals surface area contributed by atoms with Gasteiger partial charge in [-0.2, -0.15) is 0 Å². The van der Waals surface area contributed by atoms with Crippen LogP contribution in [-0.4, -0.2) is 20.2 Å². The zero-order valence-electron chi connectivity index (χ0n) is 11.9. The van der Waals surface area contributed by atoms with Gasteiger partial charge in [0.25, 0.3) is 0 Å². The number of halogens is 1. The molecule has 1 aromatic heterocycles. The summed E-state index contributed by atoms with van der Waals surface area (Å²) in [6, 6.07) is 9.29. The van der Waals surface area contributed by atoms with E-state index in [-0.39, 0.29) is 11.9 Å². The number of rotatable bonds is 7. The molecule has 0 bridgehead atoms. The summed E-state index contributed by atoms with van der Waals surface area (Å²) in [6.45, 7) is 0. The quantitative estimate of drug-likeness (QED) is 0.844. The zero-order valence-corrected chi connectivity index (χ0v) is 11.9. The van der Waals surface area contributed by atoms with Crippen molar-refractivity contribution in [2.75, 3.05) is 14.2 Å². The summed E-state index contributed by atoms with van der Waals surface area (Å²) < 4.78 is 24.4. The minimum Gasteiger partial charge on any atom is -0.494 e. The van der Waals surface area contributed by atoms with Gasteiger partial charge in [0.2, 0.25) is 0 Å². The molecule has 2 rings (SSSR count). The highest BCUT2D eigenvalue weighted by molar-refractivity contribution is 5.31. The van der Waals surface area contributed by atoms with Gasteiger partial charge in [0.05, 0.1) is 13.4 Å². The molecular weight excluding hydrogens is 257 g/mol. The van der Waals surface area contributed by atoms with Crippen LogP contribution in [0.3, 0.4) is 0 Å². The maximum absolute atomic E-state index is 14.1. The smallest absolute Gasteiger partial charge is 0.168 e. The van der Waals surface area contributed by atoms with Gasteiger partial charge in [0.15, 0.2) is 11.6 Å². The molecule has 108 valence electrons. The molecule has 20 heavy (non-hydrogen) atoms. The van der Waals surface area contributed by atoms with Gasteiger partial charge in [-0.05, 0) is 43.7 Å². The molecule has 3 nitrogen and oxygen atoms in total. The number of ether oxygens (including phenoxy) is 1. The normalized spacial score (nSPS) is 12.3. The van der Waals surface area contributed by atoms with Crippen LogP contribution < -0.4 is 10.1 Å². The Kier molecular flexibility index (Phi) is 5.18. The molecule has 1 unspecified atom stereocenters. The van der Waals surface area contributed by atoms with Gasteiger partial charge in [-0.1, -0.05) is 12.1 Å². The van der Waals surface area contributed by atoms with E-state index in [1.165, 1.54) is 7.11 Å². The summed E-state index contributed by atoms with van der Waals surface area (Å²) in [6.07, 6.45) is 4.02. The van der Waals surface area contributed by atoms with Gasteiger partial charge in [-0.15, -0.1) is 0 Å². The van der Waals surface area contributed by atoms with Crippen molar-refractivity contribution in [3.63, 3.8) is 0 Å². The number of benzene rings is 1. The lowest BCUT2D eigenvalue weighted by molar-refractivity contribution is 0.381. The minimum absolute atomic E-state index is 0.196. The van der Waals surface area contributed by atoms with E-state index in [1.807, 2.05) is 25.2 Å². The van der Waals surface area contributed by atoms with Gasteiger partial charge in [0.1, 0.15) is 5.76 Å². The average molecular weight is 277 g/mol. The lowest BCUT2D eigenvalue weighted by atomic mass is 10.0. The van der Waals surface area contributed by atoms with Crippen molar-refractivity contribution in [1.29, 1.82) is 0 Å². The Morgan fingerprint density at radius 1 is 1.30 bits per heavy atom. The molecule has 0 aliphatic rings. The fourth-order valence-corrected chi connectivity index (χ4v) is 2.26. The molecule has 0 radical (unpaired) electrons. The van der Waals surface area contributed by atoms with Gasteiger partial charge < -0.3 is 14.5 Å². The molecule has 2 aromatic rings. The van der Waals surface area contributed by atoms with Crippen molar-refractivity contribution in [3.05, 3.63) is 53.7 Å². The van der Waals surface area contributed by atoms with Gasteiger partial charge >= 0.3 is 0 Å². The lowest BCUT2D eigenvalue weighted by Crippen LogP contribution is -2.28. The van der Waals surface area contributed by atoms with Crippen LogP contribution in [0.2, 0.25) is 0 Å². The molecular formula is C16H20FNO2. The number of hydrogen-bond donors (Lipinski definition) is 1. The first-order valence-electron chi connectivity index (χ1n) is 6.75. The standard InChI is InChI=1S/C16H20FNO2/c1-18-13(8-9-14-6-4-10-20-14)11-12-5-3-7-15(19-2)16(12)17/h3-7,10,13,18H,8-9,11H2,1-2H3. The van der Waals surface area contributed by atoms with Gasteiger partial charge in [-0.3, -0.25) is 0 Å². The van der Waals surface area contributed by atoms with E-state index in [2.05, 4.69) is 5.32 Å². The second-order valence-corrected chi connectivity index (χ2v) is 4.74. The predicted molar refractivity (Wildman–Crippen MR) is 76.5 cm³/mol. The third kappa shape index (κ3) is 3.61. The molecule has 0 saturated carbocycles. The van der Waals surface area contributed by atoms with Crippen molar-refractivity contribution in [2.24, 2.45) is 0 Å². The van der Waals surface area contributed by atoms with Crippen LogP contribution in [0.5, 0.6) is 5.75 Å². The molecule has 0 spiro atoms. The van der Waals surface area contributed by atoms with E-state index < -0.39 is 0 Å². The van der Waals surface area contributed by atoms with E-state index >= 15 is 0 Å². The first-order chi connectivity index (χ1) is 9.74. The highest BCUT2D eigenvalue weighted by Gasteiger charge is 2.14. The molecule has 0 aliphatic carbocycles. The predicted octanol–water partition coefficient (Wildman–Crippen LogP) is 3.19. The number of methoxy groups -OCH3 is 1. The van der Waals surface area contributed by atoms with E-state index in [4.69, 9.17) is 9.15 Å². The van der Waals surface area contributed by atoms with Crippen LogP contribution in [0.25, 0.3) is 0 Å². The Bertz CT molecular complexity index is 525. The molecule has 1 heterocycles. The van der Waals surface area contributed by atoms with Crippen molar-refractivity contribution in [3.8, 4) is 5.75 Å². The van der Waals surface area contributed by atoms with Crippen molar-refractivity contribution >= 4 is 0 Å². The summed E-state index contributed by atoms with van der Waals surface area (Å²) in [5, 5.41) is 3.23. The van der Waals surface area contributed by atoms with Crippen molar-refractivity contribution in [1.82, 2.24) is 5.32 Å². The summed E-state index contributed by atoms with van der Waals surface area (Å²) >= 11 is 0. The van der Waals surface area contributed by atoms with Crippen LogP contribution in [0.15, 0.2) is 41.0 Å². The molecule has 1 atom stereocenters. The van der Waals surface area contributed by atoms with E-state index in [9.17, 15) is 4.39 Å². The molecule has 0 aliphatic heterocycles. The third-order valence-corrected chi connectivity index (χ3v) is 3.46. The second kappa shape index (κ2) is 7.10. The molecule has 1 aromatic carbocycles. The molecule has 0 amide bonds. The molecule has 4 heteroatoms. The maximum Gasteiger partial charge on any atom is 0.168 e. The Morgan fingerprint density at radius 3 is 2.80 bits per heavy atom. The van der Waals surface area contributed by atoms with Crippen LogP contribution in [0.4, 0.5) is 4.39 Å². The topological polar surface area (TPSA) is 34.4 Å². The van der Waals surface area contributed by atoms with Crippen LogP contribution >= 0.6 is 0 Å². The fourth-order valence-electron chi connectivity index (χ4n) is 2.26.